The fourth-order valence-corrected chi connectivity index (χ4v) is 1.63. The Bertz CT molecular complexity index is 154. The first-order valence-corrected chi connectivity index (χ1v) is 4.73. The lowest BCUT2D eigenvalue weighted by Gasteiger charge is -2.36. The van der Waals surface area contributed by atoms with Gasteiger partial charge in [0, 0.05) is 0 Å². The maximum atomic E-state index is 12.8. The Balaban J connectivity index is 2.63. The quantitative estimate of drug-likeness (QED) is 0.437. The number of hydrogen-bond acceptors (Lipinski definition) is 4. The number of rotatable bonds is 1. The molecule has 1 saturated heterocycles. The lowest BCUT2D eigenvalue weighted by atomic mass is 10.0. The number of hydrogen-bond donors (Lipinski definition) is 3. The predicted molar refractivity (Wildman–Crippen MR) is 46.7 cm³/mol. The average molecular weight is 292 g/mol. The van der Waals surface area contributed by atoms with Gasteiger partial charge in [0.2, 0.25) is 6.36 Å². The number of aliphatic hydroxyl groups excluding tert-OH is 3. The number of halogens is 2. The maximum Gasteiger partial charge on any atom is 0.213 e. The highest BCUT2D eigenvalue weighted by Crippen LogP contribution is 2.27. The molecule has 1 aliphatic rings. The summed E-state index contributed by atoms with van der Waals surface area (Å²) in [6, 6.07) is 0. The second kappa shape index (κ2) is 4.14. The third-order valence-corrected chi connectivity index (χ3v) is 3.09. The monoisotopic (exact) mass is 292 g/mol. The van der Waals surface area contributed by atoms with Gasteiger partial charge in [0.15, 0.2) is 0 Å². The summed E-state index contributed by atoms with van der Waals surface area (Å²) in [7, 11) is 0. The molecule has 72 valence electrons. The average Bonchev–Trinajstić information content (AvgIpc) is 2.08. The second-order valence-electron chi connectivity index (χ2n) is 2.63. The minimum absolute atomic E-state index is 0.498. The third-order valence-electron chi connectivity index (χ3n) is 1.79. The number of alkyl halides is 2. The van der Waals surface area contributed by atoms with Crippen LogP contribution in [0.5, 0.6) is 0 Å². The van der Waals surface area contributed by atoms with Crippen molar-refractivity contribution in [2.45, 2.75) is 28.6 Å². The van der Waals surface area contributed by atoms with E-state index in [-0.39, 0.29) is 0 Å². The van der Waals surface area contributed by atoms with Crippen molar-refractivity contribution in [2.75, 3.05) is 6.61 Å². The number of ether oxygens (including phenoxy) is 1. The highest BCUT2D eigenvalue weighted by atomic mass is 127. The van der Waals surface area contributed by atoms with Crippen LogP contribution < -0.4 is 0 Å². The van der Waals surface area contributed by atoms with E-state index in [4.69, 9.17) is 5.11 Å². The molecule has 0 aromatic carbocycles. The van der Waals surface area contributed by atoms with Gasteiger partial charge in [-0.15, -0.1) is 0 Å². The van der Waals surface area contributed by atoms with Gasteiger partial charge in [0.25, 0.3) is 0 Å². The van der Waals surface area contributed by atoms with Gasteiger partial charge in [0.1, 0.15) is 12.2 Å². The van der Waals surface area contributed by atoms with Gasteiger partial charge in [-0.25, -0.2) is 4.39 Å². The third kappa shape index (κ3) is 1.87. The molecule has 1 unspecified atom stereocenters. The van der Waals surface area contributed by atoms with Crippen LogP contribution in [0.25, 0.3) is 0 Å². The zero-order valence-electron chi connectivity index (χ0n) is 6.10. The Kier molecular flexibility index (Phi) is 3.65. The Morgan fingerprint density at radius 1 is 1.33 bits per heavy atom. The molecule has 0 amide bonds. The van der Waals surface area contributed by atoms with Crippen LogP contribution in [-0.2, 0) is 4.74 Å². The van der Waals surface area contributed by atoms with Gasteiger partial charge in [-0.1, -0.05) is 22.6 Å². The minimum Gasteiger partial charge on any atom is -0.394 e. The molecular weight excluding hydrogens is 282 g/mol. The predicted octanol–water partition coefficient (Wildman–Crippen LogP) is -0.802. The fraction of sp³-hybridized carbons (Fsp3) is 1.00. The van der Waals surface area contributed by atoms with Crippen molar-refractivity contribution in [3.05, 3.63) is 0 Å². The van der Waals surface area contributed by atoms with Crippen LogP contribution in [0, 0.1) is 0 Å². The van der Waals surface area contributed by atoms with Crippen molar-refractivity contribution in [1.82, 2.24) is 0 Å². The lowest BCUT2D eigenvalue weighted by Crippen LogP contribution is -2.55. The van der Waals surface area contributed by atoms with Crippen molar-refractivity contribution in [3.63, 3.8) is 0 Å². The minimum atomic E-state index is -1.64. The molecule has 1 fully saturated rings. The van der Waals surface area contributed by atoms with E-state index in [1.54, 1.807) is 22.6 Å². The molecule has 0 spiro atoms. The SMILES string of the molecule is OC[C@H]1OC(F)[C@@H](I)[C@H](O)[C@@H]1O. The smallest absolute Gasteiger partial charge is 0.213 e. The summed E-state index contributed by atoms with van der Waals surface area (Å²) in [6.45, 7) is -0.498. The van der Waals surface area contributed by atoms with Crippen LogP contribution >= 0.6 is 22.6 Å². The summed E-state index contributed by atoms with van der Waals surface area (Å²) in [5.41, 5.74) is 0. The molecule has 3 N–H and O–H groups in total. The Hall–Kier alpha value is 0.500. The topological polar surface area (TPSA) is 69.9 Å². The van der Waals surface area contributed by atoms with E-state index in [2.05, 4.69) is 4.74 Å². The zero-order chi connectivity index (χ0) is 9.30. The molecule has 4 nitrogen and oxygen atoms in total. The van der Waals surface area contributed by atoms with Crippen molar-refractivity contribution in [3.8, 4) is 0 Å². The van der Waals surface area contributed by atoms with E-state index >= 15 is 0 Å². The Labute approximate surface area is 82.5 Å². The summed E-state index contributed by atoms with van der Waals surface area (Å²) in [6.07, 6.45) is -5.07. The molecule has 1 heterocycles. The molecule has 1 rings (SSSR count). The molecule has 0 bridgehead atoms. The first-order valence-electron chi connectivity index (χ1n) is 3.48. The van der Waals surface area contributed by atoms with Crippen LogP contribution in [0.2, 0.25) is 0 Å². The van der Waals surface area contributed by atoms with E-state index in [0.29, 0.717) is 0 Å². The summed E-state index contributed by atoms with van der Waals surface area (Å²) in [5.74, 6) is 0. The fourth-order valence-electron chi connectivity index (χ4n) is 1.04. The van der Waals surface area contributed by atoms with Crippen LogP contribution in [0.15, 0.2) is 0 Å². The Morgan fingerprint density at radius 3 is 2.42 bits per heavy atom. The second-order valence-corrected chi connectivity index (χ2v) is 4.07. The molecule has 0 radical (unpaired) electrons. The highest BCUT2D eigenvalue weighted by Gasteiger charge is 2.42. The molecule has 5 atom stereocenters. The summed E-state index contributed by atoms with van der Waals surface area (Å²) >= 11 is 1.66. The first kappa shape index (κ1) is 10.6. The summed E-state index contributed by atoms with van der Waals surface area (Å²) in [5, 5.41) is 27.1. The van der Waals surface area contributed by atoms with Gasteiger partial charge in [-0.2, -0.15) is 0 Å². The van der Waals surface area contributed by atoms with Crippen molar-refractivity contribution in [1.29, 1.82) is 0 Å². The van der Waals surface area contributed by atoms with Crippen LogP contribution in [-0.4, -0.2) is 50.5 Å². The Morgan fingerprint density at radius 2 is 1.92 bits per heavy atom. The van der Waals surface area contributed by atoms with Crippen LogP contribution in [0.3, 0.4) is 0 Å². The lowest BCUT2D eigenvalue weighted by molar-refractivity contribution is -0.206. The van der Waals surface area contributed by atoms with Gasteiger partial charge >= 0.3 is 0 Å². The molecule has 0 aliphatic carbocycles. The van der Waals surface area contributed by atoms with Crippen molar-refractivity contribution in [2.24, 2.45) is 0 Å². The van der Waals surface area contributed by atoms with Gasteiger partial charge < -0.3 is 20.1 Å². The van der Waals surface area contributed by atoms with Gasteiger partial charge in [-0.3, -0.25) is 0 Å². The van der Waals surface area contributed by atoms with Crippen LogP contribution in [0.1, 0.15) is 0 Å². The molecule has 0 aromatic rings. The number of aliphatic hydroxyl groups is 3. The molecule has 0 aromatic heterocycles. The van der Waals surface area contributed by atoms with Crippen molar-refractivity contribution >= 4 is 22.6 Å². The molecular formula is C6H10FIO4. The first-order chi connectivity index (χ1) is 5.57. The van der Waals surface area contributed by atoms with Gasteiger partial charge in [-0.05, 0) is 0 Å². The van der Waals surface area contributed by atoms with E-state index in [9.17, 15) is 14.6 Å². The summed E-state index contributed by atoms with van der Waals surface area (Å²) < 4.78 is 16.6. The normalized spacial score (nSPS) is 49.2. The molecule has 12 heavy (non-hydrogen) atoms. The largest absolute Gasteiger partial charge is 0.394 e. The van der Waals surface area contributed by atoms with E-state index in [0.717, 1.165) is 0 Å². The molecule has 1 aliphatic heterocycles. The van der Waals surface area contributed by atoms with E-state index in [1.807, 2.05) is 0 Å². The maximum absolute atomic E-state index is 12.8. The van der Waals surface area contributed by atoms with E-state index in [1.165, 1.54) is 0 Å². The summed E-state index contributed by atoms with van der Waals surface area (Å²) in [4.78, 5) is 0. The zero-order valence-corrected chi connectivity index (χ0v) is 8.26. The molecule has 0 saturated carbocycles. The van der Waals surface area contributed by atoms with Crippen LogP contribution in [0.4, 0.5) is 4.39 Å². The van der Waals surface area contributed by atoms with Gasteiger partial charge in [0.05, 0.1) is 16.6 Å². The van der Waals surface area contributed by atoms with E-state index < -0.39 is 35.2 Å². The highest BCUT2D eigenvalue weighted by molar-refractivity contribution is 14.1. The standard InChI is InChI=1S/C6H10FIO4/c7-6-3(8)5(11)4(10)2(1-9)12-6/h2-6,9-11H,1H2/t2-,3+,4-,5+,6?/m1/s1. The van der Waals surface area contributed by atoms with Crippen molar-refractivity contribution < 1.29 is 24.4 Å². The molecule has 6 heteroatoms.